The highest BCUT2D eigenvalue weighted by Gasteiger charge is 2.39. The number of nitrogens with zero attached hydrogens (tertiary/aromatic N) is 1. The molecule has 0 bridgehead atoms. The highest BCUT2D eigenvalue weighted by molar-refractivity contribution is 7.88. The van der Waals surface area contributed by atoms with Gasteiger partial charge in [0, 0.05) is 25.7 Å². The highest BCUT2D eigenvalue weighted by Crippen LogP contribution is 2.44. The van der Waals surface area contributed by atoms with Gasteiger partial charge in [-0.05, 0) is 56.3 Å². The van der Waals surface area contributed by atoms with Crippen molar-refractivity contribution >= 4 is 10.0 Å². The molecule has 5 heteroatoms. The molecule has 1 saturated heterocycles. The van der Waals surface area contributed by atoms with Crippen molar-refractivity contribution in [3.05, 3.63) is 0 Å². The summed E-state index contributed by atoms with van der Waals surface area (Å²) in [6, 6.07) is 0.779. The van der Waals surface area contributed by atoms with Gasteiger partial charge in [0.2, 0.25) is 10.0 Å². The van der Waals surface area contributed by atoms with Crippen LogP contribution in [0.2, 0.25) is 0 Å². The van der Waals surface area contributed by atoms with Crippen molar-refractivity contribution in [3.8, 4) is 0 Å². The molecule has 122 valence electrons. The molecule has 0 spiro atoms. The minimum atomic E-state index is -3.01. The van der Waals surface area contributed by atoms with Crippen LogP contribution in [0.15, 0.2) is 0 Å². The second kappa shape index (κ2) is 6.17. The molecule has 0 aromatic rings. The van der Waals surface area contributed by atoms with Gasteiger partial charge in [0.25, 0.3) is 0 Å². The first-order chi connectivity index (χ1) is 9.97. The molecular formula is C16H30N2O2S. The molecule has 1 heterocycles. The van der Waals surface area contributed by atoms with Crippen LogP contribution in [0.3, 0.4) is 0 Å². The Hall–Kier alpha value is -0.130. The van der Waals surface area contributed by atoms with Crippen molar-refractivity contribution in [1.82, 2.24) is 9.62 Å². The first kappa shape index (κ1) is 15.8. The van der Waals surface area contributed by atoms with E-state index < -0.39 is 10.0 Å². The van der Waals surface area contributed by atoms with Crippen LogP contribution in [0, 0.1) is 11.3 Å². The van der Waals surface area contributed by atoms with Gasteiger partial charge in [0.15, 0.2) is 0 Å². The summed E-state index contributed by atoms with van der Waals surface area (Å²) in [5, 5.41) is 3.74. The zero-order valence-electron chi connectivity index (χ0n) is 13.3. The molecule has 21 heavy (non-hydrogen) atoms. The van der Waals surface area contributed by atoms with Gasteiger partial charge in [0.1, 0.15) is 0 Å². The van der Waals surface area contributed by atoms with Crippen LogP contribution in [-0.2, 0) is 10.0 Å². The van der Waals surface area contributed by atoms with Crippen LogP contribution in [0.4, 0.5) is 0 Å². The molecule has 2 aliphatic carbocycles. The smallest absolute Gasteiger partial charge is 0.211 e. The largest absolute Gasteiger partial charge is 0.313 e. The summed E-state index contributed by atoms with van der Waals surface area (Å²) < 4.78 is 25.3. The molecule has 0 amide bonds. The first-order valence-corrected chi connectivity index (χ1v) is 10.5. The van der Waals surface area contributed by atoms with E-state index in [2.05, 4.69) is 5.32 Å². The lowest BCUT2D eigenvalue weighted by Gasteiger charge is -2.38. The van der Waals surface area contributed by atoms with Crippen LogP contribution in [-0.4, -0.2) is 44.7 Å². The molecular weight excluding hydrogens is 284 g/mol. The van der Waals surface area contributed by atoms with Crippen molar-refractivity contribution < 1.29 is 8.42 Å². The van der Waals surface area contributed by atoms with E-state index in [0.717, 1.165) is 32.1 Å². The van der Waals surface area contributed by atoms with Gasteiger partial charge in [0.05, 0.1) is 6.26 Å². The second-order valence-electron chi connectivity index (χ2n) is 7.70. The summed E-state index contributed by atoms with van der Waals surface area (Å²) >= 11 is 0. The van der Waals surface area contributed by atoms with Gasteiger partial charge < -0.3 is 5.32 Å². The number of nitrogens with one attached hydrogen (secondary N) is 1. The van der Waals surface area contributed by atoms with Gasteiger partial charge in [-0.25, -0.2) is 12.7 Å². The maximum Gasteiger partial charge on any atom is 0.211 e. The number of piperidine rings is 1. The zero-order chi connectivity index (χ0) is 14.9. The summed E-state index contributed by atoms with van der Waals surface area (Å²) in [6.07, 6.45) is 12.9. The lowest BCUT2D eigenvalue weighted by molar-refractivity contribution is 0.161. The Labute approximate surface area is 129 Å². The fourth-order valence-corrected chi connectivity index (χ4v) is 5.28. The van der Waals surface area contributed by atoms with Gasteiger partial charge in [-0.3, -0.25) is 0 Å². The van der Waals surface area contributed by atoms with E-state index in [1.54, 1.807) is 4.31 Å². The van der Waals surface area contributed by atoms with E-state index in [9.17, 15) is 8.42 Å². The summed E-state index contributed by atoms with van der Waals surface area (Å²) in [4.78, 5) is 0. The normalized spacial score (nSPS) is 30.6. The molecule has 1 N–H and O–H groups in total. The van der Waals surface area contributed by atoms with E-state index in [1.165, 1.54) is 57.6 Å². The Kier molecular flexibility index (Phi) is 4.63. The number of hydrogen-bond acceptors (Lipinski definition) is 3. The predicted octanol–water partition coefficient (Wildman–Crippen LogP) is 2.36. The molecule has 2 saturated carbocycles. The standard InChI is InChI=1S/C16H30N2O2S/c1-21(19,20)18-10-4-5-14(12-18)11-16(8-2-3-9-16)13-17-15-6-7-15/h14-15,17H,2-13H2,1H3. The van der Waals surface area contributed by atoms with Crippen molar-refractivity contribution in [3.63, 3.8) is 0 Å². The molecule has 3 rings (SSSR count). The molecule has 1 aliphatic heterocycles. The van der Waals surface area contributed by atoms with Gasteiger partial charge in [-0.1, -0.05) is 12.8 Å². The predicted molar refractivity (Wildman–Crippen MR) is 85.7 cm³/mol. The van der Waals surface area contributed by atoms with Crippen LogP contribution >= 0.6 is 0 Å². The Morgan fingerprint density at radius 3 is 2.48 bits per heavy atom. The third-order valence-corrected chi connectivity index (χ3v) is 6.95. The molecule has 0 aromatic heterocycles. The Balaban J connectivity index is 1.59. The molecule has 3 aliphatic rings. The van der Waals surface area contributed by atoms with Crippen LogP contribution < -0.4 is 5.32 Å². The minimum absolute atomic E-state index is 0.452. The van der Waals surface area contributed by atoms with E-state index in [4.69, 9.17) is 0 Å². The fourth-order valence-electron chi connectivity index (χ4n) is 4.33. The third kappa shape index (κ3) is 4.20. The average Bonchev–Trinajstić information content (AvgIpc) is 3.16. The lowest BCUT2D eigenvalue weighted by Crippen LogP contribution is -2.42. The Morgan fingerprint density at radius 1 is 1.14 bits per heavy atom. The number of rotatable bonds is 6. The molecule has 0 aromatic carbocycles. The van der Waals surface area contributed by atoms with Crippen molar-refractivity contribution in [2.75, 3.05) is 25.9 Å². The van der Waals surface area contributed by atoms with Crippen LogP contribution in [0.5, 0.6) is 0 Å². The summed E-state index contributed by atoms with van der Waals surface area (Å²) in [5.74, 6) is 0.563. The average molecular weight is 314 g/mol. The lowest BCUT2D eigenvalue weighted by atomic mass is 9.75. The first-order valence-electron chi connectivity index (χ1n) is 8.65. The highest BCUT2D eigenvalue weighted by atomic mass is 32.2. The third-order valence-electron chi connectivity index (χ3n) is 5.68. The SMILES string of the molecule is CS(=O)(=O)N1CCCC(CC2(CNC3CC3)CCCC2)C1. The van der Waals surface area contributed by atoms with Gasteiger partial charge in [-0.2, -0.15) is 0 Å². The van der Waals surface area contributed by atoms with Crippen molar-refractivity contribution in [1.29, 1.82) is 0 Å². The van der Waals surface area contributed by atoms with Crippen LogP contribution in [0.1, 0.15) is 57.8 Å². The molecule has 3 fully saturated rings. The number of sulfonamides is 1. The Morgan fingerprint density at radius 2 is 1.86 bits per heavy atom. The summed E-state index contributed by atoms with van der Waals surface area (Å²) in [6.45, 7) is 2.64. The molecule has 1 atom stereocenters. The minimum Gasteiger partial charge on any atom is -0.313 e. The molecule has 1 unspecified atom stereocenters. The second-order valence-corrected chi connectivity index (χ2v) is 9.68. The quantitative estimate of drug-likeness (QED) is 0.819. The maximum absolute atomic E-state index is 11.8. The Bertz CT molecular complexity index is 453. The van der Waals surface area contributed by atoms with E-state index in [0.29, 0.717) is 11.3 Å². The van der Waals surface area contributed by atoms with Crippen molar-refractivity contribution in [2.24, 2.45) is 11.3 Å². The van der Waals surface area contributed by atoms with E-state index in [1.807, 2.05) is 0 Å². The monoisotopic (exact) mass is 314 g/mol. The maximum atomic E-state index is 11.8. The molecule has 4 nitrogen and oxygen atoms in total. The van der Waals surface area contributed by atoms with Gasteiger partial charge in [-0.15, -0.1) is 0 Å². The summed E-state index contributed by atoms with van der Waals surface area (Å²) in [7, 11) is -3.01. The van der Waals surface area contributed by atoms with Gasteiger partial charge >= 0.3 is 0 Å². The van der Waals surface area contributed by atoms with E-state index in [-0.39, 0.29) is 0 Å². The molecule has 0 radical (unpaired) electrons. The van der Waals surface area contributed by atoms with Crippen LogP contribution in [0.25, 0.3) is 0 Å². The fraction of sp³-hybridized carbons (Fsp3) is 1.00. The number of hydrogen-bond donors (Lipinski definition) is 1. The summed E-state index contributed by atoms with van der Waals surface area (Å²) in [5.41, 5.74) is 0.452. The zero-order valence-corrected chi connectivity index (χ0v) is 14.1. The van der Waals surface area contributed by atoms with Crippen molar-refractivity contribution in [2.45, 2.75) is 63.8 Å². The van der Waals surface area contributed by atoms with E-state index >= 15 is 0 Å². The topological polar surface area (TPSA) is 49.4 Å².